The number of carbonyl (C=O) groups is 2. The second-order valence-corrected chi connectivity index (χ2v) is 6.44. The fraction of sp³-hybridized carbons (Fsp3) is 0.556. The highest BCUT2D eigenvalue weighted by molar-refractivity contribution is 5.90. The highest BCUT2D eigenvalue weighted by Crippen LogP contribution is 2.34. The van der Waals surface area contributed by atoms with Crippen molar-refractivity contribution in [3.8, 4) is 0 Å². The van der Waals surface area contributed by atoms with Gasteiger partial charge in [-0.05, 0) is 37.2 Å². The molecule has 0 radical (unpaired) electrons. The number of nitrogens with one attached hydrogen (secondary N) is 1. The van der Waals surface area contributed by atoms with Gasteiger partial charge in [0.15, 0.2) is 0 Å². The van der Waals surface area contributed by atoms with Gasteiger partial charge in [-0.25, -0.2) is 0 Å². The van der Waals surface area contributed by atoms with Crippen LogP contribution in [0.25, 0.3) is 0 Å². The van der Waals surface area contributed by atoms with Crippen molar-refractivity contribution in [1.82, 2.24) is 10.2 Å². The average Bonchev–Trinajstić information content (AvgIpc) is 3.38. The number of piperidine rings is 1. The fourth-order valence-corrected chi connectivity index (χ4v) is 3.20. The summed E-state index contributed by atoms with van der Waals surface area (Å²) in [5, 5.41) is 2.90. The summed E-state index contributed by atoms with van der Waals surface area (Å²) in [6.45, 7) is 1.35. The molecule has 1 heterocycles. The molecule has 0 unspecified atom stereocenters. The normalized spacial score (nSPS) is 22.7. The first-order valence-electron chi connectivity index (χ1n) is 8.35. The van der Waals surface area contributed by atoms with E-state index in [1.807, 2.05) is 35.2 Å². The van der Waals surface area contributed by atoms with Crippen LogP contribution >= 0.6 is 0 Å². The second kappa shape index (κ2) is 7.13. The minimum atomic E-state index is -0.420. The number of nitrogens with zero attached hydrogens (tertiary/aromatic N) is 1. The molecule has 0 aromatic heterocycles. The van der Waals surface area contributed by atoms with Gasteiger partial charge in [-0.1, -0.05) is 30.3 Å². The molecule has 124 valence electrons. The van der Waals surface area contributed by atoms with E-state index in [1.54, 1.807) is 7.11 Å². The van der Waals surface area contributed by atoms with Gasteiger partial charge in [0.2, 0.25) is 11.8 Å². The predicted octanol–water partition coefficient (Wildman–Crippen LogP) is 1.72. The van der Waals surface area contributed by atoms with Gasteiger partial charge in [0, 0.05) is 20.2 Å². The standard InChI is InChI=1S/C18H24N2O3/c1-23-16(14-9-10-14)17(21)19-15-8-5-11-20(18(15)22)12-13-6-3-2-4-7-13/h2-4,6-7,14-16H,5,8-12H2,1H3,(H,19,21)/t15-,16-/m0/s1. The van der Waals surface area contributed by atoms with Gasteiger partial charge in [-0.2, -0.15) is 0 Å². The number of hydrogen-bond donors (Lipinski definition) is 1. The van der Waals surface area contributed by atoms with Crippen molar-refractivity contribution in [2.45, 2.75) is 44.4 Å². The third-order valence-corrected chi connectivity index (χ3v) is 4.63. The van der Waals surface area contributed by atoms with Gasteiger partial charge in [-0.15, -0.1) is 0 Å². The van der Waals surface area contributed by atoms with Crippen molar-refractivity contribution in [1.29, 1.82) is 0 Å². The molecule has 23 heavy (non-hydrogen) atoms. The van der Waals surface area contributed by atoms with Crippen LogP contribution in [0.15, 0.2) is 30.3 Å². The van der Waals surface area contributed by atoms with Gasteiger partial charge < -0.3 is 15.0 Å². The van der Waals surface area contributed by atoms with Gasteiger partial charge in [0.1, 0.15) is 12.1 Å². The number of amides is 2. The van der Waals surface area contributed by atoms with E-state index in [9.17, 15) is 9.59 Å². The Hall–Kier alpha value is -1.88. The van der Waals surface area contributed by atoms with Crippen molar-refractivity contribution in [2.75, 3.05) is 13.7 Å². The first-order chi connectivity index (χ1) is 11.2. The van der Waals surface area contributed by atoms with Crippen LogP contribution in [0.1, 0.15) is 31.2 Å². The number of carbonyl (C=O) groups excluding carboxylic acids is 2. The Morgan fingerprint density at radius 3 is 2.70 bits per heavy atom. The molecule has 5 nitrogen and oxygen atoms in total. The monoisotopic (exact) mass is 316 g/mol. The highest BCUT2D eigenvalue weighted by Gasteiger charge is 2.38. The maximum atomic E-state index is 12.6. The Bertz CT molecular complexity index is 557. The highest BCUT2D eigenvalue weighted by atomic mass is 16.5. The first kappa shape index (κ1) is 16.0. The number of benzene rings is 1. The summed E-state index contributed by atoms with van der Waals surface area (Å²) >= 11 is 0. The lowest BCUT2D eigenvalue weighted by molar-refractivity contribution is -0.142. The Morgan fingerprint density at radius 2 is 2.04 bits per heavy atom. The Morgan fingerprint density at radius 1 is 1.30 bits per heavy atom. The van der Waals surface area contributed by atoms with Crippen molar-refractivity contribution < 1.29 is 14.3 Å². The van der Waals surface area contributed by atoms with E-state index in [0.717, 1.165) is 31.4 Å². The van der Waals surface area contributed by atoms with Crippen LogP contribution < -0.4 is 5.32 Å². The van der Waals surface area contributed by atoms with Crippen LogP contribution in [0.2, 0.25) is 0 Å². The topological polar surface area (TPSA) is 58.6 Å². The van der Waals surface area contributed by atoms with Crippen LogP contribution in [-0.2, 0) is 20.9 Å². The van der Waals surface area contributed by atoms with E-state index < -0.39 is 12.1 Å². The van der Waals surface area contributed by atoms with Crippen LogP contribution in [0, 0.1) is 5.92 Å². The first-order valence-corrected chi connectivity index (χ1v) is 8.35. The Labute approximate surface area is 137 Å². The van der Waals surface area contributed by atoms with Crippen molar-refractivity contribution >= 4 is 11.8 Å². The van der Waals surface area contributed by atoms with Crippen molar-refractivity contribution in [3.05, 3.63) is 35.9 Å². The van der Waals surface area contributed by atoms with Crippen LogP contribution in [0.4, 0.5) is 0 Å². The van der Waals surface area contributed by atoms with E-state index >= 15 is 0 Å². The molecular formula is C18H24N2O3. The lowest BCUT2D eigenvalue weighted by Crippen LogP contribution is -2.54. The lowest BCUT2D eigenvalue weighted by atomic mass is 10.0. The molecule has 3 rings (SSSR count). The zero-order chi connectivity index (χ0) is 16.2. The Kier molecular flexibility index (Phi) is 4.96. The largest absolute Gasteiger partial charge is 0.371 e. The molecule has 2 amide bonds. The lowest BCUT2D eigenvalue weighted by Gasteiger charge is -2.33. The number of ether oxygens (including phenoxy) is 1. The zero-order valence-electron chi connectivity index (χ0n) is 13.5. The van der Waals surface area contributed by atoms with Gasteiger partial charge in [0.05, 0.1) is 0 Å². The van der Waals surface area contributed by atoms with Gasteiger partial charge in [0.25, 0.3) is 0 Å². The number of rotatable bonds is 6. The third kappa shape index (κ3) is 3.91. The van der Waals surface area contributed by atoms with Gasteiger partial charge in [-0.3, -0.25) is 9.59 Å². The van der Waals surface area contributed by atoms with Gasteiger partial charge >= 0.3 is 0 Å². The smallest absolute Gasteiger partial charge is 0.250 e. The summed E-state index contributed by atoms with van der Waals surface area (Å²) in [5.74, 6) is 0.188. The van der Waals surface area contributed by atoms with E-state index in [0.29, 0.717) is 18.9 Å². The zero-order valence-corrected chi connectivity index (χ0v) is 13.5. The number of hydrogen-bond acceptors (Lipinski definition) is 3. The summed E-state index contributed by atoms with van der Waals surface area (Å²) in [4.78, 5) is 26.8. The Balaban J connectivity index is 1.59. The molecule has 1 N–H and O–H groups in total. The second-order valence-electron chi connectivity index (χ2n) is 6.44. The maximum Gasteiger partial charge on any atom is 0.250 e. The van der Waals surface area contributed by atoms with Crippen LogP contribution in [0.3, 0.4) is 0 Å². The number of methoxy groups -OCH3 is 1. The average molecular weight is 316 g/mol. The summed E-state index contributed by atoms with van der Waals surface area (Å²) in [6.07, 6.45) is 3.27. The summed E-state index contributed by atoms with van der Waals surface area (Å²) in [7, 11) is 1.56. The molecule has 2 atom stereocenters. The molecule has 1 saturated heterocycles. The SMILES string of the molecule is CO[C@H](C(=O)N[C@H]1CCCN(Cc2ccccc2)C1=O)C1CC1. The van der Waals surface area contributed by atoms with E-state index in [1.165, 1.54) is 0 Å². The molecule has 1 aliphatic carbocycles. The van der Waals surface area contributed by atoms with E-state index in [4.69, 9.17) is 4.74 Å². The molecule has 0 bridgehead atoms. The minimum Gasteiger partial charge on any atom is -0.371 e. The molecule has 5 heteroatoms. The molecule has 2 aliphatic rings. The van der Waals surface area contributed by atoms with Crippen molar-refractivity contribution in [3.63, 3.8) is 0 Å². The molecule has 1 aromatic carbocycles. The molecular weight excluding hydrogens is 292 g/mol. The molecule has 1 saturated carbocycles. The summed E-state index contributed by atoms with van der Waals surface area (Å²) < 4.78 is 5.30. The molecule has 1 aliphatic heterocycles. The molecule has 2 fully saturated rings. The summed E-state index contributed by atoms with van der Waals surface area (Å²) in [6, 6.07) is 9.53. The molecule has 0 spiro atoms. The molecule has 1 aromatic rings. The maximum absolute atomic E-state index is 12.6. The van der Waals surface area contributed by atoms with E-state index in [2.05, 4.69) is 5.32 Å². The predicted molar refractivity (Wildman–Crippen MR) is 86.5 cm³/mol. The van der Waals surface area contributed by atoms with Crippen molar-refractivity contribution in [2.24, 2.45) is 5.92 Å². The van der Waals surface area contributed by atoms with Crippen LogP contribution in [-0.4, -0.2) is 42.5 Å². The quantitative estimate of drug-likeness (QED) is 0.869. The number of likely N-dealkylation sites (tertiary alicyclic amines) is 1. The summed E-state index contributed by atoms with van der Waals surface area (Å²) in [5.41, 5.74) is 1.11. The fourth-order valence-electron chi connectivity index (χ4n) is 3.20. The van der Waals surface area contributed by atoms with Crippen LogP contribution in [0.5, 0.6) is 0 Å². The van der Waals surface area contributed by atoms with E-state index in [-0.39, 0.29) is 11.8 Å². The third-order valence-electron chi connectivity index (χ3n) is 4.63. The minimum absolute atomic E-state index is 0.0131.